The van der Waals surface area contributed by atoms with Crippen LogP contribution in [-0.2, 0) is 14.9 Å². The first kappa shape index (κ1) is 23.0. The third-order valence-electron chi connectivity index (χ3n) is 7.53. The lowest BCUT2D eigenvalue weighted by atomic mass is 9.76. The molecule has 1 aliphatic heterocycles. The highest BCUT2D eigenvalue weighted by atomic mass is 16.5. The van der Waals surface area contributed by atoms with Crippen LogP contribution in [0.15, 0.2) is 72.8 Å². The molecule has 6 rings (SSSR count). The van der Waals surface area contributed by atoms with Crippen molar-refractivity contribution in [3.63, 3.8) is 0 Å². The Labute approximate surface area is 215 Å². The van der Waals surface area contributed by atoms with Crippen molar-refractivity contribution in [2.24, 2.45) is 0 Å². The summed E-state index contributed by atoms with van der Waals surface area (Å²) in [5.74, 6) is -0.219. The molecule has 4 aromatic carbocycles. The van der Waals surface area contributed by atoms with Crippen LogP contribution in [-0.4, -0.2) is 32.8 Å². The van der Waals surface area contributed by atoms with E-state index in [0.717, 1.165) is 33.2 Å². The predicted molar refractivity (Wildman–Crippen MR) is 143 cm³/mol. The summed E-state index contributed by atoms with van der Waals surface area (Å²) in [6.45, 7) is 4.85. The molecule has 5 nitrogen and oxygen atoms in total. The number of carbonyl (C=O) groups excluding carboxylic acids is 2. The molecule has 184 valence electrons. The molecule has 0 saturated carbocycles. The van der Waals surface area contributed by atoms with Crippen molar-refractivity contribution in [1.82, 2.24) is 0 Å². The summed E-state index contributed by atoms with van der Waals surface area (Å²) in [5, 5.41) is 2.18. The lowest BCUT2D eigenvalue weighted by Crippen LogP contribution is -2.20. The first-order valence-electron chi connectivity index (χ1n) is 12.2. The van der Waals surface area contributed by atoms with E-state index in [0.29, 0.717) is 6.61 Å². The van der Waals surface area contributed by atoms with E-state index in [1.54, 1.807) is 12.1 Å². The largest absolute Gasteiger partial charge is 0.488 e. The Morgan fingerprint density at radius 1 is 0.811 bits per heavy atom. The first-order valence-corrected chi connectivity index (χ1v) is 12.2. The highest BCUT2D eigenvalue weighted by Crippen LogP contribution is 2.57. The van der Waals surface area contributed by atoms with Gasteiger partial charge < -0.3 is 14.2 Å². The number of ether oxygens (including phenoxy) is 3. The molecular formula is C32H26O5. The molecule has 0 aromatic heterocycles. The fourth-order valence-corrected chi connectivity index (χ4v) is 5.93. The Bertz CT molecular complexity index is 1620. The quantitative estimate of drug-likeness (QED) is 0.305. The Balaban J connectivity index is 1.71. The summed E-state index contributed by atoms with van der Waals surface area (Å²) in [5.41, 5.74) is 7.75. The topological polar surface area (TPSA) is 61.8 Å². The van der Waals surface area contributed by atoms with Gasteiger partial charge in [-0.1, -0.05) is 62.4 Å². The second-order valence-electron chi connectivity index (χ2n) is 9.88. The summed E-state index contributed by atoms with van der Waals surface area (Å²) in [6, 6.07) is 21.9. The van der Waals surface area contributed by atoms with Gasteiger partial charge in [0.25, 0.3) is 0 Å². The minimum Gasteiger partial charge on any atom is -0.488 e. The predicted octanol–water partition coefficient (Wildman–Crippen LogP) is 6.54. The van der Waals surface area contributed by atoms with Gasteiger partial charge in [0.2, 0.25) is 0 Å². The van der Waals surface area contributed by atoms with Gasteiger partial charge in [-0.15, -0.1) is 0 Å². The van der Waals surface area contributed by atoms with E-state index in [9.17, 15) is 9.59 Å². The van der Waals surface area contributed by atoms with Crippen LogP contribution in [0.25, 0.3) is 27.5 Å². The molecule has 0 fully saturated rings. The molecule has 0 amide bonds. The Kier molecular flexibility index (Phi) is 5.19. The minimum atomic E-state index is -0.517. The summed E-state index contributed by atoms with van der Waals surface area (Å²) < 4.78 is 16.3. The van der Waals surface area contributed by atoms with Crippen LogP contribution >= 0.6 is 0 Å². The van der Waals surface area contributed by atoms with E-state index in [4.69, 9.17) is 14.2 Å². The molecule has 0 radical (unpaired) electrons. The highest BCUT2D eigenvalue weighted by molar-refractivity contribution is 6.11. The zero-order valence-corrected chi connectivity index (χ0v) is 21.2. The molecule has 0 bridgehead atoms. The number of methoxy groups -OCH3 is 2. The van der Waals surface area contributed by atoms with Gasteiger partial charge in [-0.2, -0.15) is 0 Å². The molecule has 37 heavy (non-hydrogen) atoms. The van der Waals surface area contributed by atoms with E-state index >= 15 is 0 Å². The number of carbonyl (C=O) groups is 2. The number of hydrogen-bond donors (Lipinski definition) is 0. The van der Waals surface area contributed by atoms with Crippen molar-refractivity contribution >= 4 is 28.3 Å². The van der Waals surface area contributed by atoms with Crippen LogP contribution in [0.5, 0.6) is 5.75 Å². The van der Waals surface area contributed by atoms with Crippen LogP contribution in [0.2, 0.25) is 0 Å². The van der Waals surface area contributed by atoms with Crippen molar-refractivity contribution in [2.75, 3.05) is 20.8 Å². The molecule has 0 spiro atoms. The van der Waals surface area contributed by atoms with Crippen molar-refractivity contribution in [2.45, 2.75) is 19.3 Å². The van der Waals surface area contributed by atoms with E-state index in [-0.39, 0.29) is 16.5 Å². The van der Waals surface area contributed by atoms with E-state index in [1.165, 1.54) is 42.5 Å². The molecule has 5 heteroatoms. The maximum absolute atomic E-state index is 12.6. The third kappa shape index (κ3) is 3.30. The fourth-order valence-electron chi connectivity index (χ4n) is 5.93. The van der Waals surface area contributed by atoms with Gasteiger partial charge >= 0.3 is 11.9 Å². The first-order chi connectivity index (χ1) is 17.9. The monoisotopic (exact) mass is 490 g/mol. The molecule has 2 aliphatic rings. The second-order valence-corrected chi connectivity index (χ2v) is 9.88. The van der Waals surface area contributed by atoms with Gasteiger partial charge in [-0.3, -0.25) is 0 Å². The van der Waals surface area contributed by atoms with E-state index in [2.05, 4.69) is 56.3 Å². The van der Waals surface area contributed by atoms with E-state index < -0.39 is 11.9 Å². The Hall–Kier alpha value is -4.38. The fraction of sp³-hybridized carbons (Fsp3) is 0.188. The van der Waals surface area contributed by atoms with Gasteiger partial charge in [0.05, 0.1) is 25.3 Å². The van der Waals surface area contributed by atoms with Crippen molar-refractivity contribution in [3.8, 4) is 16.9 Å². The molecule has 0 N–H and O–H groups in total. The van der Waals surface area contributed by atoms with Crippen LogP contribution in [0.4, 0.5) is 0 Å². The summed E-state index contributed by atoms with van der Waals surface area (Å²) >= 11 is 0. The number of esters is 2. The van der Waals surface area contributed by atoms with Gasteiger partial charge in [-0.05, 0) is 63.1 Å². The summed E-state index contributed by atoms with van der Waals surface area (Å²) in [6.07, 6.45) is 2.02. The van der Waals surface area contributed by atoms with Crippen LogP contribution in [0, 0.1) is 0 Å². The Morgan fingerprint density at radius 2 is 1.43 bits per heavy atom. The molecular weight excluding hydrogens is 464 g/mol. The maximum atomic E-state index is 12.6. The number of fused-ring (bicyclic) bond motifs is 8. The van der Waals surface area contributed by atoms with Crippen LogP contribution in [0.1, 0.15) is 56.8 Å². The van der Waals surface area contributed by atoms with Crippen LogP contribution < -0.4 is 4.74 Å². The number of rotatable bonds is 3. The van der Waals surface area contributed by atoms with Crippen molar-refractivity contribution in [3.05, 3.63) is 106 Å². The van der Waals surface area contributed by atoms with Gasteiger partial charge in [-0.25, -0.2) is 9.59 Å². The van der Waals surface area contributed by atoms with Crippen LogP contribution in [0.3, 0.4) is 0 Å². The van der Waals surface area contributed by atoms with Crippen molar-refractivity contribution in [1.29, 1.82) is 0 Å². The molecule has 0 unspecified atom stereocenters. The van der Waals surface area contributed by atoms with Crippen molar-refractivity contribution < 1.29 is 23.8 Å². The summed E-state index contributed by atoms with van der Waals surface area (Å²) in [4.78, 5) is 25.1. The lowest BCUT2D eigenvalue weighted by Gasteiger charge is -2.30. The zero-order valence-electron chi connectivity index (χ0n) is 21.2. The number of hydrogen-bond acceptors (Lipinski definition) is 5. The lowest BCUT2D eigenvalue weighted by molar-refractivity contribution is 0.0599. The second kappa shape index (κ2) is 8.34. The molecule has 1 heterocycles. The zero-order chi connectivity index (χ0) is 25.9. The normalized spacial score (nSPS) is 14.6. The standard InChI is InChI=1S/C32H26O5/c1-32(2)25-12-8-7-11-24(25)26-22-9-5-6-10-23(22)29-27(28(26)32)21(13-14-37-29)18-15-19(30(33)35-3)17-20(16-18)31(34)36-4/h5-13,15-17H,14H2,1-4H3. The van der Waals surface area contributed by atoms with Gasteiger partial charge in [0.1, 0.15) is 12.4 Å². The number of benzene rings is 4. The van der Waals surface area contributed by atoms with E-state index in [1.807, 2.05) is 12.1 Å². The maximum Gasteiger partial charge on any atom is 0.337 e. The molecule has 0 saturated heterocycles. The highest BCUT2D eigenvalue weighted by Gasteiger charge is 2.41. The minimum absolute atomic E-state index is 0.286. The SMILES string of the molecule is COC(=O)c1cc(C(=O)OC)cc(C2=CCOc3c2c2c(c4ccccc34)-c3ccccc3C2(C)C)c1. The van der Waals surface area contributed by atoms with Gasteiger partial charge in [0.15, 0.2) is 0 Å². The van der Waals surface area contributed by atoms with Gasteiger partial charge in [0, 0.05) is 16.4 Å². The molecule has 4 aromatic rings. The third-order valence-corrected chi connectivity index (χ3v) is 7.53. The Morgan fingerprint density at radius 3 is 2.11 bits per heavy atom. The smallest absolute Gasteiger partial charge is 0.337 e. The molecule has 1 aliphatic carbocycles. The summed E-state index contributed by atoms with van der Waals surface area (Å²) in [7, 11) is 2.66. The average molecular weight is 491 g/mol. The molecule has 0 atom stereocenters. The average Bonchev–Trinajstić information content (AvgIpc) is 3.18.